The number of nitrogen functional groups attached to an aromatic ring is 1. The van der Waals surface area contributed by atoms with Gasteiger partial charge < -0.3 is 10.6 Å². The summed E-state index contributed by atoms with van der Waals surface area (Å²) in [7, 11) is 0. The monoisotopic (exact) mass is 274 g/mol. The van der Waals surface area contributed by atoms with E-state index in [1.807, 2.05) is 24.3 Å². The van der Waals surface area contributed by atoms with Gasteiger partial charge in [0.1, 0.15) is 0 Å². The van der Waals surface area contributed by atoms with Gasteiger partial charge in [0.05, 0.1) is 11.4 Å². The average Bonchev–Trinajstić information content (AvgIpc) is 2.40. The van der Waals surface area contributed by atoms with Gasteiger partial charge in [-0.15, -0.1) is 0 Å². The van der Waals surface area contributed by atoms with Gasteiger partial charge in [0, 0.05) is 17.6 Å². The zero-order valence-corrected chi connectivity index (χ0v) is 12.1. The van der Waals surface area contributed by atoms with Crippen LogP contribution in [0, 0.1) is 0 Å². The highest BCUT2D eigenvalue weighted by Gasteiger charge is 2.14. The second kappa shape index (κ2) is 5.98. The van der Waals surface area contributed by atoms with Crippen LogP contribution in [0.1, 0.15) is 19.4 Å². The second-order valence-electron chi connectivity index (χ2n) is 4.91. The highest BCUT2D eigenvalue weighted by molar-refractivity contribution is 6.31. The lowest BCUT2D eigenvalue weighted by atomic mass is 10.1. The summed E-state index contributed by atoms with van der Waals surface area (Å²) in [4.78, 5) is 2.26. The Hall–Kier alpha value is -1.67. The van der Waals surface area contributed by atoms with Gasteiger partial charge >= 0.3 is 0 Å². The molecule has 2 nitrogen and oxygen atoms in total. The van der Waals surface area contributed by atoms with E-state index in [0.29, 0.717) is 11.1 Å². The largest absolute Gasteiger partial charge is 0.397 e. The topological polar surface area (TPSA) is 29.3 Å². The molecule has 19 heavy (non-hydrogen) atoms. The normalized spacial score (nSPS) is 10.7. The maximum Gasteiger partial charge on any atom is 0.0620 e. The van der Waals surface area contributed by atoms with Crippen LogP contribution in [0.3, 0.4) is 0 Å². The number of benzene rings is 2. The SMILES string of the molecule is CC(C)N(Cc1ccccc1)c1cc(Cl)ccc1N. The molecule has 0 radical (unpaired) electrons. The molecule has 2 aromatic carbocycles. The van der Waals surface area contributed by atoms with Crippen LogP contribution < -0.4 is 10.6 Å². The minimum Gasteiger partial charge on any atom is -0.397 e. The summed E-state index contributed by atoms with van der Waals surface area (Å²) < 4.78 is 0. The Morgan fingerprint density at radius 2 is 1.79 bits per heavy atom. The van der Waals surface area contributed by atoms with Crippen molar-refractivity contribution >= 4 is 23.0 Å². The minimum absolute atomic E-state index is 0.348. The van der Waals surface area contributed by atoms with Gasteiger partial charge in [0.25, 0.3) is 0 Å². The molecule has 0 aliphatic carbocycles. The van der Waals surface area contributed by atoms with Gasteiger partial charge in [-0.2, -0.15) is 0 Å². The third-order valence-electron chi connectivity index (χ3n) is 3.12. The molecular weight excluding hydrogens is 256 g/mol. The number of nitrogens with zero attached hydrogens (tertiary/aromatic N) is 1. The van der Waals surface area contributed by atoms with Gasteiger partial charge in [-0.1, -0.05) is 41.9 Å². The maximum absolute atomic E-state index is 6.09. The van der Waals surface area contributed by atoms with E-state index in [-0.39, 0.29) is 0 Å². The lowest BCUT2D eigenvalue weighted by Crippen LogP contribution is -2.30. The molecule has 0 aliphatic rings. The van der Waals surface area contributed by atoms with Crippen LogP contribution in [0.2, 0.25) is 5.02 Å². The molecule has 0 bridgehead atoms. The number of hydrogen-bond acceptors (Lipinski definition) is 2. The van der Waals surface area contributed by atoms with E-state index >= 15 is 0 Å². The lowest BCUT2D eigenvalue weighted by Gasteiger charge is -2.30. The maximum atomic E-state index is 6.09. The van der Waals surface area contributed by atoms with E-state index in [9.17, 15) is 0 Å². The molecule has 0 spiro atoms. The Balaban J connectivity index is 2.32. The first-order valence-electron chi connectivity index (χ1n) is 6.43. The van der Waals surface area contributed by atoms with E-state index in [1.165, 1.54) is 5.56 Å². The summed E-state index contributed by atoms with van der Waals surface area (Å²) in [6, 6.07) is 16.3. The Morgan fingerprint density at radius 3 is 2.42 bits per heavy atom. The third kappa shape index (κ3) is 3.42. The number of nitrogens with two attached hydrogens (primary N) is 1. The van der Waals surface area contributed by atoms with Crippen molar-refractivity contribution in [3.63, 3.8) is 0 Å². The quantitative estimate of drug-likeness (QED) is 0.841. The van der Waals surface area contributed by atoms with Crippen molar-refractivity contribution in [1.82, 2.24) is 0 Å². The number of rotatable bonds is 4. The van der Waals surface area contributed by atoms with Crippen molar-refractivity contribution in [2.75, 3.05) is 10.6 Å². The summed E-state index contributed by atoms with van der Waals surface area (Å²) in [5, 5.41) is 0.711. The molecule has 3 heteroatoms. The molecule has 0 saturated carbocycles. The summed E-state index contributed by atoms with van der Waals surface area (Å²) >= 11 is 6.09. The summed E-state index contributed by atoms with van der Waals surface area (Å²) in [6.07, 6.45) is 0. The fourth-order valence-electron chi connectivity index (χ4n) is 2.09. The minimum atomic E-state index is 0.348. The van der Waals surface area contributed by atoms with E-state index in [0.717, 1.165) is 17.9 Å². The zero-order chi connectivity index (χ0) is 13.8. The fourth-order valence-corrected chi connectivity index (χ4v) is 2.26. The van der Waals surface area contributed by atoms with Crippen LogP contribution in [0.5, 0.6) is 0 Å². The van der Waals surface area contributed by atoms with Crippen LogP contribution in [-0.4, -0.2) is 6.04 Å². The number of anilines is 2. The molecular formula is C16H19ClN2. The molecule has 0 amide bonds. The first kappa shape index (κ1) is 13.8. The van der Waals surface area contributed by atoms with Gasteiger partial charge in [0.2, 0.25) is 0 Å². The van der Waals surface area contributed by atoms with Crippen molar-refractivity contribution in [3.05, 3.63) is 59.1 Å². The van der Waals surface area contributed by atoms with Crippen molar-refractivity contribution in [2.45, 2.75) is 26.4 Å². The molecule has 100 valence electrons. The Labute approximate surface area is 119 Å². The smallest absolute Gasteiger partial charge is 0.0620 e. The predicted octanol–water partition coefficient (Wildman–Crippen LogP) is 4.34. The fraction of sp³-hybridized carbons (Fsp3) is 0.250. The average molecular weight is 275 g/mol. The molecule has 2 N–H and O–H groups in total. The number of halogens is 1. The molecule has 2 rings (SSSR count). The molecule has 0 atom stereocenters. The zero-order valence-electron chi connectivity index (χ0n) is 11.3. The molecule has 0 aliphatic heterocycles. The molecule has 2 aromatic rings. The van der Waals surface area contributed by atoms with Crippen LogP contribution in [-0.2, 0) is 6.54 Å². The van der Waals surface area contributed by atoms with Gasteiger partial charge in [-0.25, -0.2) is 0 Å². The summed E-state index contributed by atoms with van der Waals surface area (Å²) in [6.45, 7) is 5.13. The van der Waals surface area contributed by atoms with Crippen molar-refractivity contribution in [2.24, 2.45) is 0 Å². The molecule has 0 saturated heterocycles. The van der Waals surface area contributed by atoms with Crippen LogP contribution >= 0.6 is 11.6 Å². The van der Waals surface area contributed by atoms with Gasteiger partial charge in [-0.3, -0.25) is 0 Å². The molecule has 0 fully saturated rings. The second-order valence-corrected chi connectivity index (χ2v) is 5.35. The van der Waals surface area contributed by atoms with Crippen molar-refractivity contribution < 1.29 is 0 Å². The summed E-state index contributed by atoms with van der Waals surface area (Å²) in [5.74, 6) is 0. The van der Waals surface area contributed by atoms with Crippen LogP contribution in [0.4, 0.5) is 11.4 Å². The van der Waals surface area contributed by atoms with Crippen LogP contribution in [0.15, 0.2) is 48.5 Å². The van der Waals surface area contributed by atoms with Crippen LogP contribution in [0.25, 0.3) is 0 Å². The molecule has 0 unspecified atom stereocenters. The first-order valence-corrected chi connectivity index (χ1v) is 6.81. The highest BCUT2D eigenvalue weighted by Crippen LogP contribution is 2.29. The summed E-state index contributed by atoms with van der Waals surface area (Å²) in [5.41, 5.74) is 9.09. The Bertz CT molecular complexity index is 538. The Kier molecular flexibility index (Phi) is 4.33. The predicted molar refractivity (Wildman–Crippen MR) is 83.6 cm³/mol. The van der Waals surface area contributed by atoms with Gasteiger partial charge in [0.15, 0.2) is 0 Å². The third-order valence-corrected chi connectivity index (χ3v) is 3.36. The first-order chi connectivity index (χ1) is 9.08. The number of hydrogen-bond donors (Lipinski definition) is 1. The van der Waals surface area contributed by atoms with Crippen molar-refractivity contribution in [3.8, 4) is 0 Å². The van der Waals surface area contributed by atoms with E-state index in [4.69, 9.17) is 17.3 Å². The lowest BCUT2D eigenvalue weighted by molar-refractivity contribution is 0.683. The standard InChI is InChI=1S/C16H19ClN2/c1-12(2)19(11-13-6-4-3-5-7-13)16-10-14(17)8-9-15(16)18/h3-10,12H,11,18H2,1-2H3. The van der Waals surface area contributed by atoms with E-state index in [2.05, 4.69) is 43.0 Å². The van der Waals surface area contributed by atoms with Crippen molar-refractivity contribution in [1.29, 1.82) is 0 Å². The van der Waals surface area contributed by atoms with E-state index < -0.39 is 0 Å². The highest BCUT2D eigenvalue weighted by atomic mass is 35.5. The Morgan fingerprint density at radius 1 is 1.11 bits per heavy atom. The van der Waals surface area contributed by atoms with E-state index in [1.54, 1.807) is 0 Å². The molecule has 0 heterocycles. The van der Waals surface area contributed by atoms with Gasteiger partial charge in [-0.05, 0) is 37.6 Å². The molecule has 0 aromatic heterocycles.